The number of hydrogen-bond donors (Lipinski definition) is 2. The lowest BCUT2D eigenvalue weighted by Crippen LogP contribution is -3.13. The van der Waals surface area contributed by atoms with E-state index < -0.39 is 10.0 Å². The van der Waals surface area contributed by atoms with Gasteiger partial charge in [-0.25, -0.2) is 8.42 Å². The Labute approximate surface area is 194 Å². The summed E-state index contributed by atoms with van der Waals surface area (Å²) in [5.74, 6) is 0.268. The molecule has 3 aromatic carbocycles. The molecule has 158 valence electrons. The van der Waals surface area contributed by atoms with E-state index in [1.54, 1.807) is 6.07 Å². The van der Waals surface area contributed by atoms with Crippen LogP contribution in [-0.4, -0.2) is 44.0 Å². The van der Waals surface area contributed by atoms with E-state index >= 15 is 0 Å². The summed E-state index contributed by atoms with van der Waals surface area (Å²) in [6, 6.07) is 14.6. The molecule has 0 spiro atoms. The first kappa shape index (κ1) is 21.9. The maximum Gasteiger partial charge on any atom is 0.246 e. The molecule has 0 bridgehead atoms. The van der Waals surface area contributed by atoms with Crippen molar-refractivity contribution in [2.75, 3.05) is 26.2 Å². The molecule has 0 saturated carbocycles. The normalized spacial score (nSPS) is 16.2. The van der Waals surface area contributed by atoms with Crippen molar-refractivity contribution in [1.82, 2.24) is 4.31 Å². The number of nitrogens with zero attached hydrogens (tertiary/aromatic N) is 1. The van der Waals surface area contributed by atoms with Gasteiger partial charge in [-0.05, 0) is 29.0 Å². The molecule has 1 saturated heterocycles. The topological polar surface area (TPSA) is 62.0 Å². The van der Waals surface area contributed by atoms with Crippen LogP contribution in [0.5, 0.6) is 5.75 Å². The van der Waals surface area contributed by atoms with Crippen molar-refractivity contribution in [1.29, 1.82) is 0 Å². The van der Waals surface area contributed by atoms with Crippen LogP contribution >= 0.6 is 39.1 Å². The zero-order chi connectivity index (χ0) is 21.5. The Morgan fingerprint density at radius 2 is 1.67 bits per heavy atom. The van der Waals surface area contributed by atoms with Crippen molar-refractivity contribution in [2.24, 2.45) is 0 Å². The van der Waals surface area contributed by atoms with Gasteiger partial charge in [-0.15, -0.1) is 0 Å². The molecule has 3 aromatic rings. The third-order valence-corrected chi connectivity index (χ3v) is 8.71. The summed E-state index contributed by atoms with van der Waals surface area (Å²) < 4.78 is 28.3. The summed E-state index contributed by atoms with van der Waals surface area (Å²) in [5.41, 5.74) is 0.887. The number of phenols is 1. The van der Waals surface area contributed by atoms with Crippen LogP contribution in [0.2, 0.25) is 10.0 Å². The van der Waals surface area contributed by atoms with Gasteiger partial charge in [0.2, 0.25) is 10.0 Å². The fraction of sp³-hybridized carbons (Fsp3) is 0.238. The first-order valence-corrected chi connectivity index (χ1v) is 12.4. The van der Waals surface area contributed by atoms with E-state index in [1.165, 1.54) is 21.3 Å². The van der Waals surface area contributed by atoms with Gasteiger partial charge in [0.15, 0.2) is 0 Å². The highest BCUT2D eigenvalue weighted by Gasteiger charge is 2.34. The molecule has 30 heavy (non-hydrogen) atoms. The zero-order valence-electron chi connectivity index (χ0n) is 15.9. The van der Waals surface area contributed by atoms with Crippen LogP contribution < -0.4 is 4.90 Å². The Hall–Kier alpha value is -1.35. The molecule has 0 amide bonds. The fourth-order valence-electron chi connectivity index (χ4n) is 3.88. The number of benzene rings is 3. The molecule has 0 aliphatic carbocycles. The minimum absolute atomic E-state index is 0.0517. The number of hydrogen-bond acceptors (Lipinski definition) is 3. The number of nitrogens with one attached hydrogen (secondary N) is 1. The van der Waals surface area contributed by atoms with Crippen LogP contribution in [-0.2, 0) is 16.6 Å². The first-order chi connectivity index (χ1) is 14.3. The molecule has 0 unspecified atom stereocenters. The predicted octanol–water partition coefficient (Wildman–Crippen LogP) is 3.70. The summed E-state index contributed by atoms with van der Waals surface area (Å²) in [6.07, 6.45) is 0. The summed E-state index contributed by atoms with van der Waals surface area (Å²) in [5, 5.41) is 12.7. The van der Waals surface area contributed by atoms with Gasteiger partial charge in [-0.1, -0.05) is 69.5 Å². The summed E-state index contributed by atoms with van der Waals surface area (Å²) in [7, 11) is -3.79. The third kappa shape index (κ3) is 4.20. The summed E-state index contributed by atoms with van der Waals surface area (Å²) in [4.78, 5) is 1.16. The van der Waals surface area contributed by atoms with E-state index in [1.807, 2.05) is 30.3 Å². The second-order valence-corrected chi connectivity index (χ2v) is 10.9. The second kappa shape index (κ2) is 8.65. The average Bonchev–Trinajstić information content (AvgIpc) is 2.69. The van der Waals surface area contributed by atoms with Crippen LogP contribution in [0.25, 0.3) is 10.8 Å². The smallest absolute Gasteiger partial charge is 0.246 e. The van der Waals surface area contributed by atoms with Gasteiger partial charge < -0.3 is 10.0 Å². The fourth-order valence-corrected chi connectivity index (χ4v) is 7.21. The Bertz CT molecular complexity index is 1190. The van der Waals surface area contributed by atoms with Gasteiger partial charge >= 0.3 is 0 Å². The van der Waals surface area contributed by atoms with Crippen LogP contribution in [0.4, 0.5) is 0 Å². The zero-order valence-corrected chi connectivity index (χ0v) is 19.8. The Morgan fingerprint density at radius 3 is 2.33 bits per heavy atom. The van der Waals surface area contributed by atoms with Crippen molar-refractivity contribution in [3.8, 4) is 5.75 Å². The molecule has 0 atom stereocenters. The molecule has 1 aliphatic rings. The van der Waals surface area contributed by atoms with E-state index in [9.17, 15) is 13.5 Å². The number of rotatable bonds is 4. The lowest BCUT2D eigenvalue weighted by atomic mass is 10.0. The number of sulfonamides is 1. The Balaban J connectivity index is 1.52. The second-order valence-electron chi connectivity index (χ2n) is 7.31. The standard InChI is InChI=1S/C21H19BrCl2N2O3S/c22-15-11-18(23)21(19(24)12-15)30(28,29)26-9-7-25(8-10-26)13-17-16-4-2-1-3-14(16)5-6-20(17)27/h1-6,11-12,27H,7-10,13H2/p+1. The number of quaternary nitrogens is 1. The number of halogens is 3. The van der Waals surface area contributed by atoms with E-state index in [4.69, 9.17) is 23.2 Å². The van der Waals surface area contributed by atoms with Crippen LogP contribution in [0.3, 0.4) is 0 Å². The Morgan fingerprint density at radius 1 is 1.03 bits per heavy atom. The van der Waals surface area contributed by atoms with E-state index in [0.29, 0.717) is 37.2 Å². The van der Waals surface area contributed by atoms with Gasteiger partial charge in [0, 0.05) is 4.47 Å². The quantitative estimate of drug-likeness (QED) is 0.540. The SMILES string of the molecule is O=S(=O)(c1c(Cl)cc(Br)cc1Cl)N1CC[NH+](Cc2c(O)ccc3ccccc23)CC1. The first-order valence-electron chi connectivity index (χ1n) is 9.45. The third-order valence-electron chi connectivity index (χ3n) is 5.43. The minimum atomic E-state index is -3.79. The van der Waals surface area contributed by atoms with Gasteiger partial charge in [-0.3, -0.25) is 0 Å². The lowest BCUT2D eigenvalue weighted by Gasteiger charge is -2.32. The van der Waals surface area contributed by atoms with Gasteiger partial charge in [-0.2, -0.15) is 4.31 Å². The molecular formula is C21H20BrCl2N2O3S+. The highest BCUT2D eigenvalue weighted by atomic mass is 79.9. The lowest BCUT2D eigenvalue weighted by molar-refractivity contribution is -0.917. The molecule has 2 N–H and O–H groups in total. The molecule has 1 heterocycles. The van der Waals surface area contributed by atoms with Gasteiger partial charge in [0.1, 0.15) is 17.2 Å². The summed E-state index contributed by atoms with van der Waals surface area (Å²) >= 11 is 15.7. The molecule has 1 aliphatic heterocycles. The monoisotopic (exact) mass is 529 g/mol. The van der Waals surface area contributed by atoms with E-state index in [0.717, 1.165) is 16.3 Å². The largest absolute Gasteiger partial charge is 0.507 e. The maximum absolute atomic E-state index is 13.1. The highest BCUT2D eigenvalue weighted by molar-refractivity contribution is 9.10. The number of piperazine rings is 1. The van der Waals surface area contributed by atoms with Crippen molar-refractivity contribution in [3.05, 3.63) is 68.6 Å². The van der Waals surface area contributed by atoms with Crippen molar-refractivity contribution in [2.45, 2.75) is 11.4 Å². The molecule has 4 rings (SSSR count). The van der Waals surface area contributed by atoms with E-state index in [2.05, 4.69) is 15.9 Å². The van der Waals surface area contributed by atoms with Crippen LogP contribution in [0.1, 0.15) is 5.56 Å². The summed E-state index contributed by atoms with van der Waals surface area (Å²) in [6.45, 7) is 2.57. The van der Waals surface area contributed by atoms with Gasteiger partial charge in [0.05, 0.1) is 41.8 Å². The maximum atomic E-state index is 13.1. The molecule has 5 nitrogen and oxygen atoms in total. The molecule has 0 radical (unpaired) electrons. The van der Waals surface area contributed by atoms with Crippen LogP contribution in [0.15, 0.2) is 57.9 Å². The number of aromatic hydroxyl groups is 1. The Kier molecular flexibility index (Phi) is 6.30. The predicted molar refractivity (Wildman–Crippen MR) is 123 cm³/mol. The van der Waals surface area contributed by atoms with Crippen molar-refractivity contribution in [3.63, 3.8) is 0 Å². The molecular weight excluding hydrogens is 511 g/mol. The van der Waals surface area contributed by atoms with E-state index in [-0.39, 0.29) is 20.7 Å². The molecule has 1 fully saturated rings. The highest BCUT2D eigenvalue weighted by Crippen LogP contribution is 2.34. The van der Waals surface area contributed by atoms with Gasteiger partial charge in [0.25, 0.3) is 0 Å². The molecule has 9 heteroatoms. The van der Waals surface area contributed by atoms with Crippen molar-refractivity contribution >= 4 is 59.9 Å². The average molecular weight is 531 g/mol. The van der Waals surface area contributed by atoms with Crippen molar-refractivity contribution < 1.29 is 18.4 Å². The number of fused-ring (bicyclic) bond motifs is 1. The minimum Gasteiger partial charge on any atom is -0.507 e. The van der Waals surface area contributed by atoms with Crippen LogP contribution in [0, 0.1) is 0 Å². The molecule has 0 aromatic heterocycles. The number of phenolic OH excluding ortho intramolecular Hbond substituents is 1.